The van der Waals surface area contributed by atoms with Gasteiger partial charge in [-0.2, -0.15) is 0 Å². The second-order valence-electron chi connectivity index (χ2n) is 4.10. The largest absolute Gasteiger partial charge is 0.491 e. The second kappa shape index (κ2) is 5.69. The number of hydrogen-bond donors (Lipinski definition) is 0. The van der Waals surface area contributed by atoms with Gasteiger partial charge in [-0.15, -0.1) is 6.58 Å². The Bertz CT molecular complexity index is 658. The van der Waals surface area contributed by atoms with Crippen molar-refractivity contribution in [1.82, 2.24) is 0 Å². The summed E-state index contributed by atoms with van der Waals surface area (Å²) in [6.07, 6.45) is 3.01. The molecule has 0 radical (unpaired) electrons. The minimum absolute atomic E-state index is 0.0618. The van der Waals surface area contributed by atoms with Crippen molar-refractivity contribution in [3.05, 3.63) is 52.9 Å². The van der Waals surface area contributed by atoms with Crippen LogP contribution in [0.1, 0.15) is 19.1 Å². The highest BCUT2D eigenvalue weighted by Gasteiger charge is 2.13. The fraction of sp³-hybridized carbons (Fsp3) is 0.267. The van der Waals surface area contributed by atoms with Gasteiger partial charge in [-0.25, -0.2) is 9.18 Å². The van der Waals surface area contributed by atoms with E-state index in [9.17, 15) is 9.18 Å². The van der Waals surface area contributed by atoms with E-state index < -0.39 is 11.4 Å². The highest BCUT2D eigenvalue weighted by atomic mass is 19.1. The number of hydrogen-bond acceptors (Lipinski definition) is 3. The van der Waals surface area contributed by atoms with E-state index in [2.05, 4.69) is 6.58 Å². The molecule has 1 aromatic heterocycles. The van der Waals surface area contributed by atoms with Crippen LogP contribution in [0.5, 0.6) is 5.75 Å². The number of fused-ring (bicyclic) bond motifs is 1. The van der Waals surface area contributed by atoms with Gasteiger partial charge in [0.2, 0.25) is 0 Å². The summed E-state index contributed by atoms with van der Waals surface area (Å²) >= 11 is 0. The molecule has 0 saturated heterocycles. The van der Waals surface area contributed by atoms with Crippen LogP contribution < -0.4 is 10.4 Å². The predicted octanol–water partition coefficient (Wildman–Crippen LogP) is 3.45. The summed E-state index contributed by atoms with van der Waals surface area (Å²) in [5, 5.41) is 0.463. The first-order chi connectivity index (χ1) is 9.17. The molecule has 0 N–H and O–H groups in total. The maximum atomic E-state index is 14.1. The maximum absolute atomic E-state index is 14.1. The molecule has 0 aliphatic heterocycles. The Hall–Kier alpha value is -2.10. The lowest BCUT2D eigenvalue weighted by Crippen LogP contribution is -2.06. The molecular weight excluding hydrogens is 247 g/mol. The lowest BCUT2D eigenvalue weighted by atomic mass is 10.1. The summed E-state index contributed by atoms with van der Waals surface area (Å²) < 4.78 is 24.3. The van der Waals surface area contributed by atoms with Crippen molar-refractivity contribution < 1.29 is 13.5 Å². The molecule has 2 rings (SSSR count). The molecule has 0 amide bonds. The third-order valence-electron chi connectivity index (χ3n) is 2.78. The average Bonchev–Trinajstić information content (AvgIpc) is 2.39. The van der Waals surface area contributed by atoms with Crippen LogP contribution in [0.25, 0.3) is 10.8 Å². The lowest BCUT2D eigenvalue weighted by molar-refractivity contribution is 0.322. The van der Waals surface area contributed by atoms with Gasteiger partial charge in [0.1, 0.15) is 11.1 Å². The highest BCUT2D eigenvalue weighted by molar-refractivity contribution is 5.83. The van der Waals surface area contributed by atoms with Crippen LogP contribution in [-0.2, 0) is 6.42 Å². The van der Waals surface area contributed by atoms with Crippen LogP contribution in [0, 0.1) is 5.82 Å². The van der Waals surface area contributed by atoms with E-state index in [0.717, 1.165) is 0 Å². The SMILES string of the molecule is C=CCCc1cc2ccc(OCC)c(F)c2c(=O)o1. The van der Waals surface area contributed by atoms with Gasteiger partial charge in [-0.3, -0.25) is 0 Å². The molecule has 3 nitrogen and oxygen atoms in total. The van der Waals surface area contributed by atoms with Crippen molar-refractivity contribution in [2.45, 2.75) is 19.8 Å². The molecular formula is C15H15FO3. The van der Waals surface area contributed by atoms with E-state index in [1.54, 1.807) is 25.1 Å². The normalized spacial score (nSPS) is 10.6. The number of benzene rings is 1. The smallest absolute Gasteiger partial charge is 0.346 e. The number of halogens is 1. The molecule has 19 heavy (non-hydrogen) atoms. The van der Waals surface area contributed by atoms with Gasteiger partial charge in [0.05, 0.1) is 6.61 Å². The van der Waals surface area contributed by atoms with Crippen LogP contribution in [0.4, 0.5) is 4.39 Å². The molecule has 0 atom stereocenters. The molecule has 0 spiro atoms. The zero-order valence-electron chi connectivity index (χ0n) is 10.7. The Labute approximate surface area is 110 Å². The quantitative estimate of drug-likeness (QED) is 0.775. The number of allylic oxidation sites excluding steroid dienone is 1. The summed E-state index contributed by atoms with van der Waals surface area (Å²) in [5.41, 5.74) is -0.671. The Morgan fingerprint density at radius 3 is 2.95 bits per heavy atom. The molecule has 0 bridgehead atoms. The zero-order chi connectivity index (χ0) is 13.8. The van der Waals surface area contributed by atoms with Crippen molar-refractivity contribution in [1.29, 1.82) is 0 Å². The fourth-order valence-electron chi connectivity index (χ4n) is 1.91. The molecule has 0 fully saturated rings. The molecule has 0 saturated carbocycles. The first kappa shape index (κ1) is 13.3. The van der Waals surface area contributed by atoms with E-state index >= 15 is 0 Å². The van der Waals surface area contributed by atoms with Gasteiger partial charge in [-0.05, 0) is 30.9 Å². The maximum Gasteiger partial charge on any atom is 0.346 e. The van der Waals surface area contributed by atoms with E-state index in [1.165, 1.54) is 6.07 Å². The van der Waals surface area contributed by atoms with Gasteiger partial charge in [0.25, 0.3) is 0 Å². The summed E-state index contributed by atoms with van der Waals surface area (Å²) in [6, 6.07) is 4.87. The van der Waals surface area contributed by atoms with Gasteiger partial charge >= 0.3 is 5.63 Å². The molecule has 100 valence electrons. The molecule has 2 aromatic rings. The fourth-order valence-corrected chi connectivity index (χ4v) is 1.91. The van der Waals surface area contributed by atoms with Crippen molar-refractivity contribution in [3.8, 4) is 5.75 Å². The third kappa shape index (κ3) is 2.67. The lowest BCUT2D eigenvalue weighted by Gasteiger charge is -2.07. The van der Waals surface area contributed by atoms with Gasteiger partial charge < -0.3 is 9.15 Å². The van der Waals surface area contributed by atoms with Crippen LogP contribution in [0.2, 0.25) is 0 Å². The molecule has 0 unspecified atom stereocenters. The van der Waals surface area contributed by atoms with Crippen LogP contribution in [0.15, 0.2) is 40.1 Å². The average molecular weight is 262 g/mol. The first-order valence-electron chi connectivity index (χ1n) is 6.16. The van der Waals surface area contributed by atoms with Crippen molar-refractivity contribution >= 4 is 10.8 Å². The Morgan fingerprint density at radius 1 is 1.47 bits per heavy atom. The third-order valence-corrected chi connectivity index (χ3v) is 2.78. The van der Waals surface area contributed by atoms with Crippen molar-refractivity contribution in [3.63, 3.8) is 0 Å². The van der Waals surface area contributed by atoms with E-state index in [-0.39, 0.29) is 11.1 Å². The van der Waals surface area contributed by atoms with E-state index in [4.69, 9.17) is 9.15 Å². The number of rotatable bonds is 5. The molecule has 1 aromatic carbocycles. The second-order valence-corrected chi connectivity index (χ2v) is 4.10. The first-order valence-corrected chi connectivity index (χ1v) is 6.16. The predicted molar refractivity (Wildman–Crippen MR) is 72.1 cm³/mol. The zero-order valence-corrected chi connectivity index (χ0v) is 10.7. The molecule has 1 heterocycles. The van der Waals surface area contributed by atoms with Gasteiger partial charge in [0, 0.05) is 6.42 Å². The van der Waals surface area contributed by atoms with E-state index in [0.29, 0.717) is 30.6 Å². The molecule has 0 aliphatic rings. The Kier molecular flexibility index (Phi) is 4.00. The van der Waals surface area contributed by atoms with Crippen LogP contribution in [0.3, 0.4) is 0 Å². The Balaban J connectivity index is 2.56. The van der Waals surface area contributed by atoms with E-state index in [1.807, 2.05) is 0 Å². The van der Waals surface area contributed by atoms with Crippen molar-refractivity contribution in [2.75, 3.05) is 6.61 Å². The minimum atomic E-state index is -0.671. The topological polar surface area (TPSA) is 39.4 Å². The summed E-state index contributed by atoms with van der Waals surface area (Å²) in [7, 11) is 0. The van der Waals surface area contributed by atoms with Gasteiger partial charge in [0.15, 0.2) is 11.6 Å². The minimum Gasteiger partial charge on any atom is -0.491 e. The van der Waals surface area contributed by atoms with Crippen LogP contribution >= 0.6 is 0 Å². The Morgan fingerprint density at radius 2 is 2.26 bits per heavy atom. The number of aryl methyl sites for hydroxylation is 1. The number of ether oxygens (including phenoxy) is 1. The summed E-state index contributed by atoms with van der Waals surface area (Å²) in [5.74, 6) is -0.0644. The summed E-state index contributed by atoms with van der Waals surface area (Å²) in [6.45, 7) is 5.70. The highest BCUT2D eigenvalue weighted by Crippen LogP contribution is 2.25. The molecule has 4 heteroatoms. The standard InChI is InChI=1S/C15H15FO3/c1-3-5-6-11-9-10-7-8-12(18-4-2)14(16)13(10)15(17)19-11/h3,7-9H,1,4-6H2,2H3. The van der Waals surface area contributed by atoms with Crippen molar-refractivity contribution in [2.24, 2.45) is 0 Å². The summed E-state index contributed by atoms with van der Waals surface area (Å²) in [4.78, 5) is 11.9. The van der Waals surface area contributed by atoms with Crippen LogP contribution in [-0.4, -0.2) is 6.61 Å². The monoisotopic (exact) mass is 262 g/mol. The van der Waals surface area contributed by atoms with Gasteiger partial charge in [-0.1, -0.05) is 12.1 Å². The molecule has 0 aliphatic carbocycles.